The molecule has 0 aliphatic carbocycles. The SMILES string of the molecule is CC(C)CN(CC(C)C)C(=O)Cn1c(Cc2ccccc2)nc2ccccc21. The van der Waals surface area contributed by atoms with Crippen LogP contribution in [0.5, 0.6) is 0 Å². The summed E-state index contributed by atoms with van der Waals surface area (Å²) in [6.45, 7) is 10.6. The summed E-state index contributed by atoms with van der Waals surface area (Å²) in [6.07, 6.45) is 0.719. The summed E-state index contributed by atoms with van der Waals surface area (Å²) < 4.78 is 2.10. The molecule has 148 valence electrons. The maximum absolute atomic E-state index is 13.2. The first-order valence-corrected chi connectivity index (χ1v) is 10.2. The van der Waals surface area contributed by atoms with Gasteiger partial charge in [-0.25, -0.2) is 4.98 Å². The zero-order valence-corrected chi connectivity index (χ0v) is 17.4. The summed E-state index contributed by atoms with van der Waals surface area (Å²) >= 11 is 0. The Bertz CT molecular complexity index is 902. The van der Waals surface area contributed by atoms with Crippen molar-refractivity contribution in [2.75, 3.05) is 13.1 Å². The third-order valence-electron chi connectivity index (χ3n) is 4.76. The number of fused-ring (bicyclic) bond motifs is 1. The fourth-order valence-electron chi connectivity index (χ4n) is 3.61. The van der Waals surface area contributed by atoms with E-state index in [2.05, 4.69) is 50.5 Å². The summed E-state index contributed by atoms with van der Waals surface area (Å²) in [5.74, 6) is 2.01. The fraction of sp³-hybridized carbons (Fsp3) is 0.417. The molecule has 4 heteroatoms. The molecule has 4 nitrogen and oxygen atoms in total. The van der Waals surface area contributed by atoms with Crippen LogP contribution >= 0.6 is 0 Å². The van der Waals surface area contributed by atoms with Crippen molar-refractivity contribution >= 4 is 16.9 Å². The zero-order chi connectivity index (χ0) is 20.1. The molecule has 0 unspecified atom stereocenters. The number of hydrogen-bond acceptors (Lipinski definition) is 2. The van der Waals surface area contributed by atoms with Gasteiger partial charge in [-0.2, -0.15) is 0 Å². The standard InChI is InChI=1S/C24H31N3O/c1-18(2)15-26(16-19(3)4)24(28)17-27-22-13-9-8-12-21(22)25-23(27)14-20-10-6-5-7-11-20/h5-13,18-19H,14-17H2,1-4H3. The van der Waals surface area contributed by atoms with Crippen molar-refractivity contribution in [2.24, 2.45) is 11.8 Å². The highest BCUT2D eigenvalue weighted by Gasteiger charge is 2.20. The molecule has 3 rings (SSSR count). The van der Waals surface area contributed by atoms with E-state index in [0.717, 1.165) is 36.4 Å². The lowest BCUT2D eigenvalue weighted by molar-refractivity contribution is -0.132. The van der Waals surface area contributed by atoms with Gasteiger partial charge in [0.15, 0.2) is 0 Å². The van der Waals surface area contributed by atoms with Gasteiger partial charge in [-0.15, -0.1) is 0 Å². The number of rotatable bonds is 8. The lowest BCUT2D eigenvalue weighted by Gasteiger charge is -2.27. The Morgan fingerprint density at radius 3 is 2.18 bits per heavy atom. The Morgan fingerprint density at radius 2 is 1.54 bits per heavy atom. The lowest BCUT2D eigenvalue weighted by Crippen LogP contribution is -2.39. The highest BCUT2D eigenvalue weighted by molar-refractivity contribution is 5.81. The van der Waals surface area contributed by atoms with E-state index < -0.39 is 0 Å². The number of aromatic nitrogens is 2. The summed E-state index contributed by atoms with van der Waals surface area (Å²) in [5, 5.41) is 0. The van der Waals surface area contributed by atoms with E-state index in [1.165, 1.54) is 5.56 Å². The molecule has 2 aromatic carbocycles. The van der Waals surface area contributed by atoms with E-state index in [-0.39, 0.29) is 5.91 Å². The van der Waals surface area contributed by atoms with Gasteiger partial charge in [-0.1, -0.05) is 70.2 Å². The van der Waals surface area contributed by atoms with Crippen molar-refractivity contribution in [2.45, 2.75) is 40.7 Å². The summed E-state index contributed by atoms with van der Waals surface area (Å²) in [5.41, 5.74) is 3.17. The van der Waals surface area contributed by atoms with Crippen LogP contribution in [-0.2, 0) is 17.8 Å². The molecule has 0 N–H and O–H groups in total. The molecule has 0 aliphatic rings. The summed E-state index contributed by atoms with van der Waals surface area (Å²) in [7, 11) is 0. The van der Waals surface area contributed by atoms with Crippen molar-refractivity contribution in [3.8, 4) is 0 Å². The van der Waals surface area contributed by atoms with E-state index in [1.807, 2.05) is 41.3 Å². The quantitative estimate of drug-likeness (QED) is 0.567. The Hall–Kier alpha value is -2.62. The van der Waals surface area contributed by atoms with Crippen molar-refractivity contribution < 1.29 is 4.79 Å². The summed E-state index contributed by atoms with van der Waals surface area (Å²) in [4.78, 5) is 20.1. The first-order valence-electron chi connectivity index (χ1n) is 10.2. The van der Waals surface area contributed by atoms with Crippen molar-refractivity contribution in [1.29, 1.82) is 0 Å². The molecule has 0 fully saturated rings. The minimum atomic E-state index is 0.167. The first kappa shape index (κ1) is 20.1. The molecular weight excluding hydrogens is 346 g/mol. The van der Waals surface area contributed by atoms with E-state index in [1.54, 1.807) is 0 Å². The number of nitrogens with zero attached hydrogens (tertiary/aromatic N) is 3. The predicted octanol–water partition coefficient (Wildman–Crippen LogP) is 4.77. The second kappa shape index (κ2) is 9.05. The molecular formula is C24H31N3O. The molecule has 0 spiro atoms. The van der Waals surface area contributed by atoms with Crippen molar-refractivity contribution in [1.82, 2.24) is 14.5 Å². The first-order chi connectivity index (χ1) is 13.4. The minimum Gasteiger partial charge on any atom is -0.341 e. The van der Waals surface area contributed by atoms with Gasteiger partial charge in [0.2, 0.25) is 5.91 Å². The average Bonchev–Trinajstić information content (AvgIpc) is 2.98. The number of imidazole rings is 1. The number of benzene rings is 2. The molecule has 0 aliphatic heterocycles. The Morgan fingerprint density at radius 1 is 0.929 bits per heavy atom. The van der Waals surface area contributed by atoms with Gasteiger partial charge in [0.05, 0.1) is 11.0 Å². The molecule has 0 bridgehead atoms. The molecule has 28 heavy (non-hydrogen) atoms. The molecule has 0 radical (unpaired) electrons. The van der Waals surface area contributed by atoms with Crippen LogP contribution in [0.15, 0.2) is 54.6 Å². The minimum absolute atomic E-state index is 0.167. The monoisotopic (exact) mass is 377 g/mol. The Labute approximate surface area is 168 Å². The van der Waals surface area contributed by atoms with Crippen LogP contribution in [0.3, 0.4) is 0 Å². The average molecular weight is 378 g/mol. The molecule has 1 amide bonds. The van der Waals surface area contributed by atoms with Crippen LogP contribution in [-0.4, -0.2) is 33.4 Å². The molecule has 0 saturated carbocycles. The van der Waals surface area contributed by atoms with Crippen LogP contribution in [0.4, 0.5) is 0 Å². The largest absolute Gasteiger partial charge is 0.341 e. The van der Waals surface area contributed by atoms with Crippen LogP contribution in [0.2, 0.25) is 0 Å². The van der Waals surface area contributed by atoms with Gasteiger partial charge >= 0.3 is 0 Å². The number of hydrogen-bond donors (Lipinski definition) is 0. The topological polar surface area (TPSA) is 38.1 Å². The van der Waals surface area contributed by atoms with E-state index in [0.29, 0.717) is 18.4 Å². The van der Waals surface area contributed by atoms with Gasteiger partial charge in [-0.05, 0) is 29.5 Å². The highest BCUT2D eigenvalue weighted by atomic mass is 16.2. The van der Waals surface area contributed by atoms with Crippen LogP contribution < -0.4 is 0 Å². The number of carbonyl (C=O) groups is 1. The normalized spacial score (nSPS) is 11.5. The van der Waals surface area contributed by atoms with Crippen molar-refractivity contribution in [3.05, 3.63) is 66.0 Å². The number of carbonyl (C=O) groups excluding carboxylic acids is 1. The molecule has 3 aromatic rings. The molecule has 0 atom stereocenters. The molecule has 1 aromatic heterocycles. The van der Waals surface area contributed by atoms with Gasteiger partial charge in [0.25, 0.3) is 0 Å². The maximum atomic E-state index is 13.2. The van der Waals surface area contributed by atoms with Gasteiger partial charge in [0, 0.05) is 19.5 Å². The van der Waals surface area contributed by atoms with Crippen LogP contribution in [0, 0.1) is 11.8 Å². The second-order valence-electron chi connectivity index (χ2n) is 8.35. The number of amides is 1. The molecule has 1 heterocycles. The maximum Gasteiger partial charge on any atom is 0.242 e. The van der Waals surface area contributed by atoms with E-state index >= 15 is 0 Å². The van der Waals surface area contributed by atoms with Crippen LogP contribution in [0.1, 0.15) is 39.1 Å². The highest BCUT2D eigenvalue weighted by Crippen LogP contribution is 2.19. The Balaban J connectivity index is 1.91. The third kappa shape index (κ3) is 5.00. The van der Waals surface area contributed by atoms with Gasteiger partial charge in [0.1, 0.15) is 12.4 Å². The molecule has 0 saturated heterocycles. The van der Waals surface area contributed by atoms with Gasteiger partial charge in [-0.3, -0.25) is 4.79 Å². The second-order valence-corrected chi connectivity index (χ2v) is 8.35. The number of para-hydroxylation sites is 2. The van der Waals surface area contributed by atoms with Crippen LogP contribution in [0.25, 0.3) is 11.0 Å². The smallest absolute Gasteiger partial charge is 0.242 e. The van der Waals surface area contributed by atoms with Gasteiger partial charge < -0.3 is 9.47 Å². The lowest BCUT2D eigenvalue weighted by atomic mass is 10.1. The predicted molar refractivity (Wildman–Crippen MR) is 115 cm³/mol. The van der Waals surface area contributed by atoms with E-state index in [9.17, 15) is 4.79 Å². The van der Waals surface area contributed by atoms with Crippen molar-refractivity contribution in [3.63, 3.8) is 0 Å². The zero-order valence-electron chi connectivity index (χ0n) is 17.4. The third-order valence-corrected chi connectivity index (χ3v) is 4.76. The van der Waals surface area contributed by atoms with E-state index in [4.69, 9.17) is 4.98 Å². The Kier molecular flexibility index (Phi) is 6.50. The summed E-state index contributed by atoms with van der Waals surface area (Å²) in [6, 6.07) is 18.4. The fourth-order valence-corrected chi connectivity index (χ4v) is 3.61.